The number of hydrazine groups is 1. The number of fused-ring (bicyclic) bond motifs is 2. The van der Waals surface area contributed by atoms with Crippen LogP contribution >= 0.6 is 0 Å². The number of aromatic hydroxyl groups is 1. The van der Waals surface area contributed by atoms with Crippen molar-refractivity contribution in [1.29, 1.82) is 0 Å². The standard InChI is InChI=1S/C45H54N8O7/c1-6-21-51-29-39(55)52-37(24-30-15-17-34(54)18-16-30)42(57)50(28-38(52)53(51)43(58)46-25-31-11-8-7-9-12-31)26-32-13-10-14-35-36(27-48(5)40(32)35)41(56)49-22-19-33(20-23-49)47-44(59)60-45(2,3)4/h6-18,27,33,37-38,54H,1,19-26,28-29H2,2-5H3,(H,46,58)(H,47,59)/t37-,38-/m0/s1. The Bertz CT molecular complexity index is 2240. The van der Waals surface area contributed by atoms with Crippen molar-refractivity contribution in [2.24, 2.45) is 7.05 Å². The molecule has 0 radical (unpaired) electrons. The maximum Gasteiger partial charge on any atom is 0.407 e. The number of phenols is 1. The second-order valence-corrected chi connectivity index (χ2v) is 16.7. The Morgan fingerprint density at radius 2 is 1.67 bits per heavy atom. The van der Waals surface area contributed by atoms with Crippen molar-refractivity contribution in [2.45, 2.75) is 77.0 Å². The molecule has 4 aromatic rings. The molecule has 0 saturated carbocycles. The lowest BCUT2D eigenvalue weighted by Gasteiger charge is -2.55. The van der Waals surface area contributed by atoms with Crippen molar-refractivity contribution >= 4 is 40.7 Å². The summed E-state index contributed by atoms with van der Waals surface area (Å²) in [5.41, 5.74) is 3.17. The number of aromatic nitrogens is 1. The fraction of sp³-hybridized carbons (Fsp3) is 0.400. The number of alkyl carbamates (subject to hydrolysis) is 1. The van der Waals surface area contributed by atoms with Gasteiger partial charge in [-0.3, -0.25) is 14.4 Å². The normalized spacial score (nSPS) is 19.0. The summed E-state index contributed by atoms with van der Waals surface area (Å²) >= 11 is 0. The van der Waals surface area contributed by atoms with Gasteiger partial charge in [-0.05, 0) is 62.4 Å². The first-order valence-corrected chi connectivity index (χ1v) is 20.4. The zero-order chi connectivity index (χ0) is 42.7. The molecule has 7 rings (SSSR count). The Balaban J connectivity index is 1.16. The number of rotatable bonds is 10. The summed E-state index contributed by atoms with van der Waals surface area (Å²) in [6.07, 6.45) is 3.49. The molecule has 0 spiro atoms. The summed E-state index contributed by atoms with van der Waals surface area (Å²) in [5, 5.41) is 19.9. The van der Waals surface area contributed by atoms with Gasteiger partial charge in [0.1, 0.15) is 23.6 Å². The zero-order valence-electron chi connectivity index (χ0n) is 34.7. The number of phenolic OH excluding ortho intramolecular Hbond substituents is 1. The number of aryl methyl sites for hydroxylation is 1. The molecule has 15 nitrogen and oxygen atoms in total. The smallest absolute Gasteiger partial charge is 0.407 e. The summed E-state index contributed by atoms with van der Waals surface area (Å²) in [5.74, 6) is -0.605. The number of nitrogens with one attached hydrogen (secondary N) is 2. The number of piperidine rings is 1. The van der Waals surface area contributed by atoms with Gasteiger partial charge in [0, 0.05) is 63.8 Å². The monoisotopic (exact) mass is 818 g/mol. The number of ether oxygens (including phenoxy) is 1. The molecule has 3 aliphatic heterocycles. The Hall–Kier alpha value is -6.35. The van der Waals surface area contributed by atoms with Gasteiger partial charge in [-0.2, -0.15) is 0 Å². The fourth-order valence-electron chi connectivity index (χ4n) is 8.48. The summed E-state index contributed by atoms with van der Waals surface area (Å²) in [7, 11) is 1.87. The third kappa shape index (κ3) is 9.10. The maximum atomic E-state index is 14.7. The van der Waals surface area contributed by atoms with E-state index in [0.717, 1.165) is 27.6 Å². The third-order valence-corrected chi connectivity index (χ3v) is 11.2. The van der Waals surface area contributed by atoms with E-state index in [4.69, 9.17) is 4.74 Å². The van der Waals surface area contributed by atoms with Crippen LogP contribution in [-0.4, -0.2) is 121 Å². The van der Waals surface area contributed by atoms with E-state index >= 15 is 0 Å². The molecule has 3 N–H and O–H groups in total. The molecule has 2 atom stereocenters. The lowest BCUT2D eigenvalue weighted by atomic mass is 9.98. The van der Waals surface area contributed by atoms with E-state index < -0.39 is 29.9 Å². The number of nitrogens with zero attached hydrogens (tertiary/aromatic N) is 6. The molecule has 0 bridgehead atoms. The van der Waals surface area contributed by atoms with Crippen molar-refractivity contribution in [3.8, 4) is 5.75 Å². The molecule has 0 unspecified atom stereocenters. The average Bonchev–Trinajstić information content (AvgIpc) is 3.55. The molecule has 3 fully saturated rings. The Labute approximate surface area is 350 Å². The van der Waals surface area contributed by atoms with Gasteiger partial charge >= 0.3 is 12.1 Å². The lowest BCUT2D eigenvalue weighted by molar-refractivity contribution is -0.189. The minimum absolute atomic E-state index is 0.0297. The van der Waals surface area contributed by atoms with Crippen LogP contribution in [-0.2, 0) is 40.9 Å². The Morgan fingerprint density at radius 3 is 2.35 bits per heavy atom. The van der Waals surface area contributed by atoms with Crippen LogP contribution in [0.2, 0.25) is 0 Å². The molecule has 3 aromatic carbocycles. The second kappa shape index (κ2) is 17.5. The highest BCUT2D eigenvalue weighted by Crippen LogP contribution is 2.32. The number of carbonyl (C=O) groups excluding carboxylic acids is 5. The number of hydrogen-bond donors (Lipinski definition) is 3. The average molecular weight is 819 g/mol. The molecule has 15 heteroatoms. The summed E-state index contributed by atoms with van der Waals surface area (Å²) < 4.78 is 7.33. The van der Waals surface area contributed by atoms with Crippen LogP contribution in [0.1, 0.15) is 60.7 Å². The van der Waals surface area contributed by atoms with E-state index in [1.54, 1.807) is 55.1 Å². The van der Waals surface area contributed by atoms with E-state index in [-0.39, 0.29) is 68.7 Å². The molecule has 3 aliphatic rings. The number of benzene rings is 3. The lowest BCUT2D eigenvalue weighted by Crippen LogP contribution is -2.76. The van der Waals surface area contributed by atoms with Gasteiger partial charge in [0.25, 0.3) is 5.91 Å². The van der Waals surface area contributed by atoms with Gasteiger partial charge < -0.3 is 39.7 Å². The van der Waals surface area contributed by atoms with Crippen molar-refractivity contribution < 1.29 is 33.8 Å². The first-order valence-electron chi connectivity index (χ1n) is 20.4. The number of hydrogen-bond acceptors (Lipinski definition) is 8. The molecule has 4 heterocycles. The predicted molar refractivity (Wildman–Crippen MR) is 225 cm³/mol. The summed E-state index contributed by atoms with van der Waals surface area (Å²) in [4.78, 5) is 74.5. The highest BCUT2D eigenvalue weighted by Gasteiger charge is 2.51. The molecule has 3 saturated heterocycles. The first kappa shape index (κ1) is 41.8. The van der Waals surface area contributed by atoms with Crippen LogP contribution < -0.4 is 10.6 Å². The quantitative estimate of drug-likeness (QED) is 0.194. The van der Waals surface area contributed by atoms with Gasteiger partial charge in [0.2, 0.25) is 11.8 Å². The Morgan fingerprint density at radius 1 is 0.950 bits per heavy atom. The van der Waals surface area contributed by atoms with Crippen molar-refractivity contribution in [3.05, 3.63) is 114 Å². The van der Waals surface area contributed by atoms with Crippen LogP contribution in [0.15, 0.2) is 91.6 Å². The van der Waals surface area contributed by atoms with Crippen molar-refractivity contribution in [2.75, 3.05) is 32.7 Å². The van der Waals surface area contributed by atoms with Gasteiger partial charge in [0.05, 0.1) is 24.2 Å². The fourth-order valence-corrected chi connectivity index (χ4v) is 8.48. The van der Waals surface area contributed by atoms with Crippen LogP contribution in [0.5, 0.6) is 5.75 Å². The molecule has 0 aliphatic carbocycles. The SMILES string of the molecule is C=CCN1CC(=O)N2[C@@H](Cc3ccc(O)cc3)C(=O)N(Cc3cccc4c(C(=O)N5CCC(NC(=O)OC(C)(C)C)CC5)cn(C)c34)C[C@@H]2N1C(=O)NCc1ccccc1. The van der Waals surface area contributed by atoms with Gasteiger partial charge in [-0.1, -0.05) is 66.7 Å². The third-order valence-electron chi connectivity index (χ3n) is 11.2. The number of likely N-dealkylation sites (tertiary alicyclic amines) is 1. The highest BCUT2D eigenvalue weighted by molar-refractivity contribution is 6.07. The molecular weight excluding hydrogens is 765 g/mol. The van der Waals surface area contributed by atoms with E-state index in [2.05, 4.69) is 17.2 Å². The largest absolute Gasteiger partial charge is 0.508 e. The van der Waals surface area contributed by atoms with Gasteiger partial charge in [-0.25, -0.2) is 19.6 Å². The van der Waals surface area contributed by atoms with E-state index in [1.807, 2.05) is 87.1 Å². The van der Waals surface area contributed by atoms with Crippen LogP contribution in [0.4, 0.5) is 9.59 Å². The molecular formula is C45H54N8O7. The predicted octanol–water partition coefficient (Wildman–Crippen LogP) is 4.75. The minimum atomic E-state index is -0.950. The minimum Gasteiger partial charge on any atom is -0.508 e. The number of urea groups is 1. The van der Waals surface area contributed by atoms with Crippen LogP contribution in [0, 0.1) is 0 Å². The topological polar surface area (TPSA) is 160 Å². The van der Waals surface area contributed by atoms with E-state index in [0.29, 0.717) is 31.5 Å². The number of piperazine rings is 1. The second-order valence-electron chi connectivity index (χ2n) is 16.7. The molecule has 316 valence electrons. The van der Waals surface area contributed by atoms with Crippen molar-refractivity contribution in [3.63, 3.8) is 0 Å². The summed E-state index contributed by atoms with van der Waals surface area (Å²) in [6, 6.07) is 20.3. The van der Waals surface area contributed by atoms with Crippen molar-refractivity contribution in [1.82, 2.24) is 39.9 Å². The first-order chi connectivity index (χ1) is 28.7. The number of carbonyl (C=O) groups is 5. The highest BCUT2D eigenvalue weighted by atomic mass is 16.6. The molecule has 6 amide bonds. The number of para-hydroxylation sites is 1. The maximum absolute atomic E-state index is 14.7. The molecule has 1 aromatic heterocycles. The van der Waals surface area contributed by atoms with Gasteiger partial charge in [-0.15, -0.1) is 6.58 Å². The number of amides is 6. The Kier molecular flexibility index (Phi) is 12.2. The van der Waals surface area contributed by atoms with Gasteiger partial charge in [0.15, 0.2) is 0 Å². The summed E-state index contributed by atoms with van der Waals surface area (Å²) in [6.45, 7) is 10.8. The molecule has 60 heavy (non-hydrogen) atoms. The zero-order valence-corrected chi connectivity index (χ0v) is 34.7. The van der Waals surface area contributed by atoms with E-state index in [9.17, 15) is 29.1 Å². The van der Waals surface area contributed by atoms with E-state index in [1.165, 1.54) is 0 Å². The van der Waals surface area contributed by atoms with Crippen LogP contribution in [0.3, 0.4) is 0 Å². The van der Waals surface area contributed by atoms with Crippen LogP contribution in [0.25, 0.3) is 10.9 Å².